The smallest absolute Gasteiger partial charge is 0.242 e. The third-order valence-electron chi connectivity index (χ3n) is 3.50. The average Bonchev–Trinajstić information content (AvgIpc) is 2.46. The van der Waals surface area contributed by atoms with Gasteiger partial charge in [0.05, 0.1) is 5.92 Å². The molecule has 20 heavy (non-hydrogen) atoms. The Morgan fingerprint density at radius 1 is 1.40 bits per heavy atom. The Labute approximate surface area is 119 Å². The first kappa shape index (κ1) is 14.4. The molecule has 2 unspecified atom stereocenters. The monoisotopic (exact) mass is 275 g/mol. The minimum Gasteiger partial charge on any atom is -0.384 e. The van der Waals surface area contributed by atoms with Gasteiger partial charge in [-0.25, -0.2) is 0 Å². The molecule has 0 bridgehead atoms. The molecule has 0 fully saturated rings. The largest absolute Gasteiger partial charge is 0.384 e. The highest BCUT2D eigenvalue weighted by Gasteiger charge is 2.26. The van der Waals surface area contributed by atoms with Gasteiger partial charge in [-0.3, -0.25) is 9.59 Å². The molecule has 1 aromatic rings. The number of amides is 2. The van der Waals surface area contributed by atoms with E-state index >= 15 is 0 Å². The maximum atomic E-state index is 12.2. The lowest BCUT2D eigenvalue weighted by molar-refractivity contribution is -0.130. The van der Waals surface area contributed by atoms with Crippen LogP contribution in [0.25, 0.3) is 0 Å². The van der Waals surface area contributed by atoms with E-state index in [-0.39, 0.29) is 17.7 Å². The molecule has 3 N–H and O–H groups in total. The number of carbonyl (C=O) groups is 2. The van der Waals surface area contributed by atoms with Crippen LogP contribution in [0, 0.1) is 5.92 Å². The fraction of sp³-hybridized carbons (Fsp3) is 0.467. The topological polar surface area (TPSA) is 70.2 Å². The number of hydrogen-bond acceptors (Lipinski definition) is 3. The molecule has 0 saturated heterocycles. The first-order chi connectivity index (χ1) is 9.61. The quantitative estimate of drug-likeness (QED) is 0.765. The van der Waals surface area contributed by atoms with Gasteiger partial charge >= 0.3 is 0 Å². The van der Waals surface area contributed by atoms with Crippen LogP contribution in [0.1, 0.15) is 19.4 Å². The Morgan fingerprint density at radius 3 is 2.90 bits per heavy atom. The van der Waals surface area contributed by atoms with Crippen molar-refractivity contribution in [3.63, 3.8) is 0 Å². The van der Waals surface area contributed by atoms with Gasteiger partial charge in [0.2, 0.25) is 11.8 Å². The van der Waals surface area contributed by atoms with Gasteiger partial charge in [0.1, 0.15) is 6.04 Å². The third kappa shape index (κ3) is 3.29. The van der Waals surface area contributed by atoms with Crippen molar-refractivity contribution in [2.75, 3.05) is 18.4 Å². The highest BCUT2D eigenvalue weighted by molar-refractivity contribution is 5.88. The van der Waals surface area contributed by atoms with E-state index in [9.17, 15) is 9.59 Å². The Hall–Kier alpha value is -2.04. The van der Waals surface area contributed by atoms with Crippen molar-refractivity contribution in [2.45, 2.75) is 26.3 Å². The summed E-state index contributed by atoms with van der Waals surface area (Å²) in [6.07, 6.45) is 0.705. The molecule has 2 atom stereocenters. The van der Waals surface area contributed by atoms with Crippen molar-refractivity contribution in [3.05, 3.63) is 29.8 Å². The summed E-state index contributed by atoms with van der Waals surface area (Å²) < 4.78 is 0. The number of nitrogens with one attached hydrogen (secondary N) is 3. The van der Waals surface area contributed by atoms with E-state index in [0.717, 1.165) is 11.3 Å². The van der Waals surface area contributed by atoms with Crippen molar-refractivity contribution in [1.29, 1.82) is 0 Å². The van der Waals surface area contributed by atoms with E-state index in [1.807, 2.05) is 31.2 Å². The van der Waals surface area contributed by atoms with E-state index in [0.29, 0.717) is 19.5 Å². The molecule has 0 saturated carbocycles. The molecule has 1 aliphatic rings. The Morgan fingerprint density at radius 2 is 2.15 bits per heavy atom. The van der Waals surface area contributed by atoms with E-state index in [1.165, 1.54) is 0 Å². The number of rotatable bonds is 4. The van der Waals surface area contributed by atoms with Crippen molar-refractivity contribution in [3.8, 4) is 0 Å². The van der Waals surface area contributed by atoms with Crippen LogP contribution in [0.15, 0.2) is 24.3 Å². The molecule has 1 aromatic carbocycles. The van der Waals surface area contributed by atoms with Gasteiger partial charge in [0.25, 0.3) is 0 Å². The molecule has 2 rings (SSSR count). The van der Waals surface area contributed by atoms with Crippen molar-refractivity contribution in [2.24, 2.45) is 5.92 Å². The number of likely N-dealkylation sites (N-methyl/N-ethyl adjacent to an activating group) is 1. The second-order valence-corrected chi connectivity index (χ2v) is 5.06. The summed E-state index contributed by atoms with van der Waals surface area (Å²) in [5.74, 6) is -0.363. The van der Waals surface area contributed by atoms with Gasteiger partial charge in [-0.15, -0.1) is 0 Å². The van der Waals surface area contributed by atoms with Crippen molar-refractivity contribution >= 4 is 17.5 Å². The lowest BCUT2D eigenvalue weighted by Gasteiger charge is -2.26. The summed E-state index contributed by atoms with van der Waals surface area (Å²) in [6.45, 7) is 4.73. The first-order valence-corrected chi connectivity index (χ1v) is 7.01. The molecule has 5 nitrogen and oxygen atoms in total. The zero-order valence-electron chi connectivity index (χ0n) is 11.9. The van der Waals surface area contributed by atoms with Crippen molar-refractivity contribution in [1.82, 2.24) is 10.6 Å². The summed E-state index contributed by atoms with van der Waals surface area (Å²) in [4.78, 5) is 23.8. The summed E-state index contributed by atoms with van der Waals surface area (Å²) in [7, 11) is 0. The summed E-state index contributed by atoms with van der Waals surface area (Å²) in [5.41, 5.74) is 2.23. The normalized spacial score (nSPS) is 18.4. The molecule has 0 radical (unpaired) electrons. The highest BCUT2D eigenvalue weighted by Crippen LogP contribution is 2.24. The Kier molecular flexibility index (Phi) is 4.61. The van der Waals surface area contributed by atoms with E-state index in [1.54, 1.807) is 6.92 Å². The SMILES string of the molecule is CCNC(=O)C(C)NC(=O)C1CNc2ccccc2C1. The fourth-order valence-corrected chi connectivity index (χ4v) is 2.35. The maximum Gasteiger partial charge on any atom is 0.242 e. The predicted molar refractivity (Wildman–Crippen MR) is 78.4 cm³/mol. The fourth-order valence-electron chi connectivity index (χ4n) is 2.35. The second kappa shape index (κ2) is 6.41. The lowest BCUT2D eigenvalue weighted by Crippen LogP contribution is -2.48. The molecule has 5 heteroatoms. The second-order valence-electron chi connectivity index (χ2n) is 5.06. The molecule has 0 aromatic heterocycles. The Balaban J connectivity index is 1.93. The average molecular weight is 275 g/mol. The van der Waals surface area contributed by atoms with Crippen molar-refractivity contribution < 1.29 is 9.59 Å². The standard InChI is InChI=1S/C15H21N3O2/c1-3-16-14(19)10(2)18-15(20)12-8-11-6-4-5-7-13(11)17-9-12/h4-7,10,12,17H,3,8-9H2,1-2H3,(H,16,19)(H,18,20). The number of hydrogen-bond donors (Lipinski definition) is 3. The van der Waals surface area contributed by atoms with Crippen LogP contribution < -0.4 is 16.0 Å². The lowest BCUT2D eigenvalue weighted by atomic mass is 9.93. The van der Waals surface area contributed by atoms with Crippen LogP contribution in [0.2, 0.25) is 0 Å². The van der Waals surface area contributed by atoms with Gasteiger partial charge in [0, 0.05) is 18.8 Å². The minimum absolute atomic E-state index is 0.0780. The van der Waals surface area contributed by atoms with Crippen LogP contribution in [-0.4, -0.2) is 30.9 Å². The molecule has 2 amide bonds. The molecule has 1 heterocycles. The zero-order valence-corrected chi connectivity index (χ0v) is 11.9. The first-order valence-electron chi connectivity index (χ1n) is 7.01. The minimum atomic E-state index is -0.500. The molecule has 108 valence electrons. The van der Waals surface area contributed by atoms with Crippen LogP contribution in [0.5, 0.6) is 0 Å². The summed E-state index contributed by atoms with van der Waals surface area (Å²) in [5, 5.41) is 8.73. The van der Waals surface area contributed by atoms with E-state index in [2.05, 4.69) is 16.0 Å². The van der Waals surface area contributed by atoms with Gasteiger partial charge < -0.3 is 16.0 Å². The predicted octanol–water partition coefficient (Wildman–Crippen LogP) is 0.912. The van der Waals surface area contributed by atoms with Crippen LogP contribution >= 0.6 is 0 Å². The Bertz CT molecular complexity index is 502. The molecular weight excluding hydrogens is 254 g/mol. The molecule has 0 spiro atoms. The summed E-state index contributed by atoms with van der Waals surface area (Å²) >= 11 is 0. The van der Waals surface area contributed by atoms with Crippen LogP contribution in [-0.2, 0) is 16.0 Å². The number of carbonyl (C=O) groups excluding carboxylic acids is 2. The molecule has 1 aliphatic heterocycles. The van der Waals surface area contributed by atoms with E-state index < -0.39 is 6.04 Å². The third-order valence-corrected chi connectivity index (χ3v) is 3.50. The number of para-hydroxylation sites is 1. The van der Waals surface area contributed by atoms with Gasteiger partial charge in [-0.1, -0.05) is 18.2 Å². The van der Waals surface area contributed by atoms with E-state index in [4.69, 9.17) is 0 Å². The molecular formula is C15H21N3O2. The van der Waals surface area contributed by atoms with Crippen LogP contribution in [0.4, 0.5) is 5.69 Å². The van der Waals surface area contributed by atoms with Gasteiger partial charge in [0.15, 0.2) is 0 Å². The zero-order chi connectivity index (χ0) is 14.5. The number of fused-ring (bicyclic) bond motifs is 1. The maximum absolute atomic E-state index is 12.2. The number of benzene rings is 1. The molecule has 0 aliphatic carbocycles. The van der Waals surface area contributed by atoms with Gasteiger partial charge in [-0.05, 0) is 31.9 Å². The van der Waals surface area contributed by atoms with Crippen LogP contribution in [0.3, 0.4) is 0 Å². The number of anilines is 1. The summed E-state index contributed by atoms with van der Waals surface area (Å²) in [6, 6.07) is 7.48. The highest BCUT2D eigenvalue weighted by atomic mass is 16.2. The van der Waals surface area contributed by atoms with Gasteiger partial charge in [-0.2, -0.15) is 0 Å².